The van der Waals surface area contributed by atoms with Crippen LogP contribution in [0.4, 0.5) is 0 Å². The molecule has 0 amide bonds. The maximum atomic E-state index is 5.98. The number of furan rings is 1. The lowest BCUT2D eigenvalue weighted by Gasteiger charge is -2.25. The number of nitrogens with zero attached hydrogens (tertiary/aromatic N) is 4. The maximum Gasteiger partial charge on any atom is 0.191 e. The van der Waals surface area contributed by atoms with Gasteiger partial charge in [-0.25, -0.2) is 9.67 Å². The Morgan fingerprint density at radius 1 is 1.37 bits per heavy atom. The van der Waals surface area contributed by atoms with Crippen LogP contribution in [0.3, 0.4) is 0 Å². The van der Waals surface area contributed by atoms with Gasteiger partial charge in [0.05, 0.1) is 13.1 Å². The Morgan fingerprint density at radius 3 is 3.00 bits per heavy atom. The Bertz CT molecular complexity index is 970. The quantitative estimate of drug-likeness (QED) is 0.548. The van der Waals surface area contributed by atoms with Crippen LogP contribution in [0.15, 0.2) is 33.7 Å². The third-order valence-corrected chi connectivity index (χ3v) is 5.14. The summed E-state index contributed by atoms with van der Waals surface area (Å²) in [5, 5.41) is 12.6. The van der Waals surface area contributed by atoms with Crippen molar-refractivity contribution in [1.29, 1.82) is 0 Å². The van der Waals surface area contributed by atoms with Gasteiger partial charge in [-0.15, -0.1) is 0 Å². The van der Waals surface area contributed by atoms with Crippen LogP contribution >= 0.6 is 0 Å². The van der Waals surface area contributed by atoms with E-state index in [1.807, 2.05) is 22.9 Å². The van der Waals surface area contributed by atoms with Crippen molar-refractivity contribution in [3.05, 3.63) is 47.2 Å². The first kappa shape index (κ1) is 17.6. The Kier molecular flexibility index (Phi) is 4.83. The number of hydrogen-bond donors (Lipinski definition) is 2. The standard InChI is InChI=1S/C20H26N6O/c1-4-18-24-19-10-9-14(12-26(19)25-18)23-20(21-3)22-11-17-13(2)15-7-5-6-8-16(15)27-17/h5-8,14H,4,9-12H2,1-3H3,(H2,21,22,23). The van der Waals surface area contributed by atoms with Crippen molar-refractivity contribution in [2.45, 2.75) is 52.2 Å². The monoisotopic (exact) mass is 366 g/mol. The molecule has 0 bridgehead atoms. The molecule has 1 aliphatic heterocycles. The number of aromatic nitrogens is 3. The molecular formula is C20H26N6O. The van der Waals surface area contributed by atoms with Crippen molar-refractivity contribution in [3.63, 3.8) is 0 Å². The van der Waals surface area contributed by atoms with Crippen LogP contribution < -0.4 is 10.6 Å². The summed E-state index contributed by atoms with van der Waals surface area (Å²) in [4.78, 5) is 8.94. The number of hydrogen-bond acceptors (Lipinski definition) is 4. The van der Waals surface area contributed by atoms with Crippen molar-refractivity contribution < 1.29 is 4.42 Å². The third-order valence-electron chi connectivity index (χ3n) is 5.14. The summed E-state index contributed by atoms with van der Waals surface area (Å²) in [6, 6.07) is 8.41. The van der Waals surface area contributed by atoms with E-state index in [0.717, 1.165) is 60.1 Å². The third kappa shape index (κ3) is 3.54. The highest BCUT2D eigenvalue weighted by molar-refractivity contribution is 5.83. The van der Waals surface area contributed by atoms with E-state index in [-0.39, 0.29) is 6.04 Å². The van der Waals surface area contributed by atoms with E-state index in [9.17, 15) is 0 Å². The number of para-hydroxylation sites is 1. The summed E-state index contributed by atoms with van der Waals surface area (Å²) >= 11 is 0. The molecule has 7 nitrogen and oxygen atoms in total. The van der Waals surface area contributed by atoms with Gasteiger partial charge in [-0.1, -0.05) is 25.1 Å². The molecule has 0 spiro atoms. The number of benzene rings is 1. The van der Waals surface area contributed by atoms with Crippen molar-refractivity contribution in [3.8, 4) is 0 Å². The molecule has 0 fully saturated rings. The molecule has 4 rings (SSSR count). The van der Waals surface area contributed by atoms with Gasteiger partial charge in [-0.2, -0.15) is 5.10 Å². The summed E-state index contributed by atoms with van der Waals surface area (Å²) in [7, 11) is 1.79. The molecule has 0 saturated heterocycles. The molecule has 3 heterocycles. The predicted molar refractivity (Wildman–Crippen MR) is 106 cm³/mol. The summed E-state index contributed by atoms with van der Waals surface area (Å²) in [5.41, 5.74) is 2.10. The summed E-state index contributed by atoms with van der Waals surface area (Å²) in [6.07, 6.45) is 2.83. The van der Waals surface area contributed by atoms with Gasteiger partial charge in [-0.3, -0.25) is 4.99 Å². The zero-order valence-corrected chi connectivity index (χ0v) is 16.1. The van der Waals surface area contributed by atoms with Crippen LogP contribution in [-0.4, -0.2) is 33.8 Å². The molecule has 7 heteroatoms. The van der Waals surface area contributed by atoms with Crippen LogP contribution in [-0.2, 0) is 25.9 Å². The molecule has 1 aliphatic rings. The minimum atomic E-state index is 0.284. The highest BCUT2D eigenvalue weighted by atomic mass is 16.3. The van der Waals surface area contributed by atoms with Crippen molar-refractivity contribution in [1.82, 2.24) is 25.4 Å². The predicted octanol–water partition coefficient (Wildman–Crippen LogP) is 2.58. The van der Waals surface area contributed by atoms with Crippen molar-refractivity contribution >= 4 is 16.9 Å². The summed E-state index contributed by atoms with van der Waals surface area (Å²) < 4.78 is 8.00. The van der Waals surface area contributed by atoms with Crippen molar-refractivity contribution in [2.75, 3.05) is 7.05 Å². The van der Waals surface area contributed by atoms with Crippen LogP contribution in [0.25, 0.3) is 11.0 Å². The molecular weight excluding hydrogens is 340 g/mol. The number of fused-ring (bicyclic) bond motifs is 2. The zero-order chi connectivity index (χ0) is 18.8. The zero-order valence-electron chi connectivity index (χ0n) is 16.1. The molecule has 142 valence electrons. The first-order chi connectivity index (χ1) is 13.2. The van der Waals surface area contributed by atoms with Crippen LogP contribution in [0.2, 0.25) is 0 Å². The highest BCUT2D eigenvalue weighted by Gasteiger charge is 2.22. The van der Waals surface area contributed by atoms with E-state index in [1.165, 1.54) is 5.56 Å². The van der Waals surface area contributed by atoms with E-state index in [2.05, 4.69) is 45.6 Å². The van der Waals surface area contributed by atoms with E-state index in [1.54, 1.807) is 7.05 Å². The summed E-state index contributed by atoms with van der Waals surface area (Å²) in [5.74, 6) is 3.73. The molecule has 1 unspecified atom stereocenters. The maximum absolute atomic E-state index is 5.98. The number of aliphatic imine (C=N–C) groups is 1. The van der Waals surface area contributed by atoms with Crippen LogP contribution in [0.5, 0.6) is 0 Å². The van der Waals surface area contributed by atoms with Gasteiger partial charge >= 0.3 is 0 Å². The average molecular weight is 366 g/mol. The topological polar surface area (TPSA) is 80.3 Å². The number of guanidine groups is 1. The lowest BCUT2D eigenvalue weighted by molar-refractivity contribution is 0.391. The second-order valence-corrected chi connectivity index (χ2v) is 6.93. The van der Waals surface area contributed by atoms with Gasteiger partial charge in [0, 0.05) is 36.9 Å². The first-order valence-electron chi connectivity index (χ1n) is 9.54. The fourth-order valence-electron chi connectivity index (χ4n) is 3.57. The molecule has 0 aliphatic carbocycles. The fraction of sp³-hybridized carbons (Fsp3) is 0.450. The number of aryl methyl sites for hydroxylation is 3. The molecule has 27 heavy (non-hydrogen) atoms. The van der Waals surface area contributed by atoms with E-state index >= 15 is 0 Å². The minimum Gasteiger partial charge on any atom is -0.459 e. The molecule has 1 aromatic carbocycles. The molecule has 0 radical (unpaired) electrons. The fourth-order valence-corrected chi connectivity index (χ4v) is 3.57. The molecule has 0 saturated carbocycles. The number of rotatable bonds is 4. The largest absolute Gasteiger partial charge is 0.459 e. The average Bonchev–Trinajstić information content (AvgIpc) is 3.25. The van der Waals surface area contributed by atoms with E-state index in [4.69, 9.17) is 4.42 Å². The Labute approximate surface area is 158 Å². The van der Waals surface area contributed by atoms with Gasteiger partial charge in [0.2, 0.25) is 0 Å². The second-order valence-electron chi connectivity index (χ2n) is 6.93. The van der Waals surface area contributed by atoms with Gasteiger partial charge in [0.1, 0.15) is 17.2 Å². The van der Waals surface area contributed by atoms with E-state index in [0.29, 0.717) is 6.54 Å². The lowest BCUT2D eigenvalue weighted by atomic mass is 10.1. The minimum absolute atomic E-state index is 0.284. The number of nitrogens with one attached hydrogen (secondary N) is 2. The summed E-state index contributed by atoms with van der Waals surface area (Å²) in [6.45, 7) is 5.59. The highest BCUT2D eigenvalue weighted by Crippen LogP contribution is 2.24. The molecule has 2 N–H and O–H groups in total. The lowest BCUT2D eigenvalue weighted by Crippen LogP contribution is -2.46. The Hall–Kier alpha value is -2.83. The molecule has 3 aromatic rings. The Morgan fingerprint density at radius 2 is 2.22 bits per heavy atom. The molecule has 2 aromatic heterocycles. The van der Waals surface area contributed by atoms with Gasteiger partial charge in [0.15, 0.2) is 11.8 Å². The van der Waals surface area contributed by atoms with Crippen molar-refractivity contribution in [2.24, 2.45) is 4.99 Å². The SMILES string of the molecule is CCc1nc2n(n1)CC(NC(=NC)NCc1oc3ccccc3c1C)CC2. The van der Waals surface area contributed by atoms with Gasteiger partial charge < -0.3 is 15.1 Å². The van der Waals surface area contributed by atoms with Gasteiger partial charge in [-0.05, 0) is 19.4 Å². The molecule has 1 atom stereocenters. The van der Waals surface area contributed by atoms with Crippen LogP contribution in [0, 0.1) is 6.92 Å². The second kappa shape index (κ2) is 7.42. The van der Waals surface area contributed by atoms with Gasteiger partial charge in [0.25, 0.3) is 0 Å². The Balaban J connectivity index is 1.39. The van der Waals surface area contributed by atoms with E-state index < -0.39 is 0 Å². The van der Waals surface area contributed by atoms with Crippen LogP contribution in [0.1, 0.15) is 36.3 Å². The first-order valence-corrected chi connectivity index (χ1v) is 9.54. The normalized spacial score (nSPS) is 17.1. The smallest absolute Gasteiger partial charge is 0.191 e.